The average molecular weight is 427 g/mol. The minimum atomic E-state index is -0.345. The van der Waals surface area contributed by atoms with E-state index in [1.807, 2.05) is 16.7 Å². The van der Waals surface area contributed by atoms with Crippen molar-refractivity contribution in [1.82, 2.24) is 4.57 Å². The van der Waals surface area contributed by atoms with Crippen molar-refractivity contribution in [2.45, 2.75) is 6.54 Å². The summed E-state index contributed by atoms with van der Waals surface area (Å²) in [7, 11) is 1.66. The Labute approximate surface area is 176 Å². The van der Waals surface area contributed by atoms with Crippen LogP contribution >= 0.6 is 22.9 Å². The number of aromatic nitrogens is 1. The first-order valence-electron chi connectivity index (χ1n) is 9.11. The third kappa shape index (κ3) is 4.34. The lowest BCUT2D eigenvalue weighted by Gasteiger charge is -2.05. The van der Waals surface area contributed by atoms with Crippen LogP contribution in [-0.2, 0) is 16.1 Å². The van der Waals surface area contributed by atoms with E-state index in [9.17, 15) is 4.79 Å². The molecule has 0 aliphatic rings. The van der Waals surface area contributed by atoms with Crippen molar-refractivity contribution < 1.29 is 14.3 Å². The van der Waals surface area contributed by atoms with E-state index in [1.54, 1.807) is 31.4 Å². The summed E-state index contributed by atoms with van der Waals surface area (Å²) in [5.74, 6) is 0.231. The molecule has 0 fully saturated rings. The highest BCUT2D eigenvalue weighted by atomic mass is 35.5. The number of hydrogen-bond acceptors (Lipinski definition) is 4. The maximum absolute atomic E-state index is 12.5. The van der Waals surface area contributed by atoms with E-state index < -0.39 is 0 Å². The van der Waals surface area contributed by atoms with E-state index >= 15 is 0 Å². The number of hydrogen-bond donors (Lipinski definition) is 0. The predicted molar refractivity (Wildman–Crippen MR) is 117 cm³/mol. The van der Waals surface area contributed by atoms with E-state index in [2.05, 4.69) is 29.3 Å². The van der Waals surface area contributed by atoms with Gasteiger partial charge in [-0.05, 0) is 35.7 Å². The molecule has 4 aromatic rings. The summed E-state index contributed by atoms with van der Waals surface area (Å²) in [5, 5.41) is 2.92. The van der Waals surface area contributed by atoms with E-state index in [-0.39, 0.29) is 12.5 Å². The zero-order valence-corrected chi connectivity index (χ0v) is 17.4. The molecular formula is C22H19ClN2O3S. The van der Waals surface area contributed by atoms with E-state index in [0.717, 1.165) is 21.0 Å². The summed E-state index contributed by atoms with van der Waals surface area (Å²) in [6, 6.07) is 19.2. The fourth-order valence-electron chi connectivity index (χ4n) is 3.10. The number of carbonyl (C=O) groups excluding carboxylic acids is 1. The fraction of sp³-hybridized carbons (Fsp3) is 0.182. The van der Waals surface area contributed by atoms with Crippen LogP contribution in [0.5, 0.6) is 5.75 Å². The van der Waals surface area contributed by atoms with Crippen LogP contribution in [0, 0.1) is 0 Å². The molecule has 1 amide bonds. The molecule has 0 unspecified atom stereocenters. The molecule has 0 aliphatic heterocycles. The number of ether oxygens (including phenoxy) is 2. The van der Waals surface area contributed by atoms with Gasteiger partial charge in [0.15, 0.2) is 11.4 Å². The number of fused-ring (bicyclic) bond motifs is 3. The van der Waals surface area contributed by atoms with Crippen LogP contribution in [0.25, 0.3) is 21.0 Å². The molecule has 29 heavy (non-hydrogen) atoms. The van der Waals surface area contributed by atoms with Gasteiger partial charge in [0.2, 0.25) is 0 Å². The second kappa shape index (κ2) is 8.78. The molecule has 0 spiro atoms. The minimum Gasteiger partial charge on any atom is -0.484 e. The molecule has 5 nitrogen and oxygen atoms in total. The maximum Gasteiger partial charge on any atom is 0.286 e. The molecule has 4 rings (SSSR count). The number of methoxy groups -OCH3 is 1. The van der Waals surface area contributed by atoms with Gasteiger partial charge >= 0.3 is 0 Å². The molecular weight excluding hydrogens is 408 g/mol. The van der Waals surface area contributed by atoms with Crippen molar-refractivity contribution in [2.75, 3.05) is 20.3 Å². The topological polar surface area (TPSA) is 52.8 Å². The van der Waals surface area contributed by atoms with E-state index in [0.29, 0.717) is 28.7 Å². The molecule has 0 saturated carbocycles. The standard InChI is InChI=1S/C22H19ClN2O3S/c1-27-13-12-25-19-11-6-15-4-2-3-5-18(15)21(19)29-22(25)24-20(26)14-28-17-9-7-16(23)8-10-17/h2-11H,12-14H2,1H3. The van der Waals surface area contributed by atoms with Crippen LogP contribution in [0.1, 0.15) is 0 Å². The van der Waals surface area contributed by atoms with Crippen molar-refractivity contribution in [3.8, 4) is 5.75 Å². The predicted octanol–water partition coefficient (Wildman–Crippen LogP) is 4.66. The van der Waals surface area contributed by atoms with Gasteiger partial charge in [-0.15, -0.1) is 0 Å². The number of amides is 1. The smallest absolute Gasteiger partial charge is 0.286 e. The molecule has 0 aliphatic carbocycles. The van der Waals surface area contributed by atoms with Crippen LogP contribution in [0.15, 0.2) is 65.7 Å². The Balaban J connectivity index is 1.69. The Hall–Kier alpha value is -2.67. The Morgan fingerprint density at radius 1 is 1.10 bits per heavy atom. The van der Waals surface area contributed by atoms with Gasteiger partial charge < -0.3 is 14.0 Å². The van der Waals surface area contributed by atoms with E-state index in [1.165, 1.54) is 11.3 Å². The van der Waals surface area contributed by atoms with Crippen LogP contribution in [0.2, 0.25) is 5.02 Å². The summed E-state index contributed by atoms with van der Waals surface area (Å²) >= 11 is 7.37. The maximum atomic E-state index is 12.5. The van der Waals surface area contributed by atoms with Gasteiger partial charge in [0.05, 0.1) is 16.8 Å². The summed E-state index contributed by atoms with van der Waals surface area (Å²) in [6.07, 6.45) is 0. The molecule has 0 atom stereocenters. The largest absolute Gasteiger partial charge is 0.484 e. The number of benzene rings is 3. The Morgan fingerprint density at radius 3 is 2.69 bits per heavy atom. The quantitative estimate of drug-likeness (QED) is 0.450. The molecule has 1 heterocycles. The zero-order valence-electron chi connectivity index (χ0n) is 15.8. The van der Waals surface area contributed by atoms with Crippen molar-refractivity contribution in [3.05, 3.63) is 70.5 Å². The van der Waals surface area contributed by atoms with Gasteiger partial charge in [-0.2, -0.15) is 4.99 Å². The molecule has 0 bridgehead atoms. The molecule has 0 N–H and O–H groups in total. The average Bonchev–Trinajstić information content (AvgIpc) is 3.09. The normalized spacial score (nSPS) is 12.0. The first-order chi connectivity index (χ1) is 14.2. The van der Waals surface area contributed by atoms with Crippen molar-refractivity contribution in [2.24, 2.45) is 4.99 Å². The van der Waals surface area contributed by atoms with Gasteiger partial charge in [0, 0.05) is 24.1 Å². The third-order valence-corrected chi connectivity index (χ3v) is 5.87. The lowest BCUT2D eigenvalue weighted by molar-refractivity contribution is -0.120. The van der Waals surface area contributed by atoms with Crippen LogP contribution in [0.4, 0.5) is 0 Å². The van der Waals surface area contributed by atoms with Gasteiger partial charge in [-0.3, -0.25) is 4.79 Å². The Kier molecular flexibility index (Phi) is 5.94. The fourth-order valence-corrected chi connectivity index (χ4v) is 4.43. The van der Waals surface area contributed by atoms with Gasteiger partial charge in [0.25, 0.3) is 5.91 Å². The van der Waals surface area contributed by atoms with Crippen LogP contribution < -0.4 is 9.54 Å². The highest BCUT2D eigenvalue weighted by Crippen LogP contribution is 2.27. The second-order valence-corrected chi connectivity index (χ2v) is 7.83. The van der Waals surface area contributed by atoms with Crippen molar-refractivity contribution >= 4 is 49.8 Å². The number of rotatable bonds is 6. The SMILES string of the molecule is COCCn1c(=NC(=O)COc2ccc(Cl)cc2)sc2c3ccccc3ccc21. The van der Waals surface area contributed by atoms with Gasteiger partial charge in [-0.1, -0.05) is 53.3 Å². The molecule has 1 aromatic heterocycles. The minimum absolute atomic E-state index is 0.138. The van der Waals surface area contributed by atoms with Crippen LogP contribution in [-0.4, -0.2) is 30.8 Å². The Morgan fingerprint density at radius 2 is 1.90 bits per heavy atom. The summed E-state index contributed by atoms with van der Waals surface area (Å²) < 4.78 is 13.9. The van der Waals surface area contributed by atoms with E-state index in [4.69, 9.17) is 21.1 Å². The lowest BCUT2D eigenvalue weighted by Crippen LogP contribution is -2.21. The van der Waals surface area contributed by atoms with Gasteiger partial charge in [-0.25, -0.2) is 0 Å². The summed E-state index contributed by atoms with van der Waals surface area (Å²) in [4.78, 5) is 17.4. The summed E-state index contributed by atoms with van der Waals surface area (Å²) in [5.41, 5.74) is 1.04. The first-order valence-corrected chi connectivity index (χ1v) is 10.3. The lowest BCUT2D eigenvalue weighted by atomic mass is 10.1. The molecule has 3 aromatic carbocycles. The summed E-state index contributed by atoms with van der Waals surface area (Å²) in [6.45, 7) is 1.00. The molecule has 148 valence electrons. The molecule has 0 saturated heterocycles. The monoisotopic (exact) mass is 426 g/mol. The third-order valence-electron chi connectivity index (χ3n) is 4.49. The highest BCUT2D eigenvalue weighted by molar-refractivity contribution is 7.17. The van der Waals surface area contributed by atoms with Crippen molar-refractivity contribution in [1.29, 1.82) is 0 Å². The molecule has 0 radical (unpaired) electrons. The molecule has 7 heteroatoms. The number of thiazole rings is 1. The number of halogens is 1. The van der Waals surface area contributed by atoms with Crippen LogP contribution in [0.3, 0.4) is 0 Å². The highest BCUT2D eigenvalue weighted by Gasteiger charge is 2.11. The zero-order chi connectivity index (χ0) is 20.2. The number of nitrogens with zero attached hydrogens (tertiary/aromatic N) is 2. The Bertz CT molecular complexity index is 1230. The number of carbonyl (C=O) groups is 1. The second-order valence-electron chi connectivity index (χ2n) is 6.41. The van der Waals surface area contributed by atoms with Crippen molar-refractivity contribution in [3.63, 3.8) is 0 Å². The first kappa shape index (κ1) is 19.6. The van der Waals surface area contributed by atoms with Gasteiger partial charge in [0.1, 0.15) is 5.75 Å².